The minimum Gasteiger partial charge on any atom is -0.390 e. The standard InChI is InChI=1S/C6H9BrN2S/c1-9(2)6-4(7)3-5(8)10-6/h3H,8H2,1-2H3. The molecule has 0 spiro atoms. The number of hydrogen-bond acceptors (Lipinski definition) is 3. The Hall–Kier alpha value is -0.220. The molecule has 0 amide bonds. The highest BCUT2D eigenvalue weighted by molar-refractivity contribution is 9.10. The van der Waals surface area contributed by atoms with Crippen molar-refractivity contribution in [3.05, 3.63) is 10.5 Å². The minimum absolute atomic E-state index is 0.843. The summed E-state index contributed by atoms with van der Waals surface area (Å²) in [4.78, 5) is 2.03. The van der Waals surface area contributed by atoms with Crippen LogP contribution in [0.4, 0.5) is 10.0 Å². The van der Waals surface area contributed by atoms with Crippen LogP contribution in [-0.2, 0) is 0 Å². The van der Waals surface area contributed by atoms with Gasteiger partial charge < -0.3 is 10.6 Å². The van der Waals surface area contributed by atoms with Gasteiger partial charge in [0.25, 0.3) is 0 Å². The summed E-state index contributed by atoms with van der Waals surface area (Å²) in [5, 5.41) is 2.01. The Kier molecular flexibility index (Phi) is 2.21. The molecule has 0 aromatic carbocycles. The third kappa shape index (κ3) is 1.44. The van der Waals surface area contributed by atoms with E-state index in [1.807, 2.05) is 25.1 Å². The average molecular weight is 221 g/mol. The SMILES string of the molecule is CN(C)c1sc(N)cc1Br. The Labute approximate surface area is 72.8 Å². The molecule has 0 fully saturated rings. The molecule has 0 atom stereocenters. The lowest BCUT2D eigenvalue weighted by atomic mass is 10.6. The van der Waals surface area contributed by atoms with Crippen molar-refractivity contribution in [2.45, 2.75) is 0 Å². The summed E-state index contributed by atoms with van der Waals surface area (Å²) in [6.45, 7) is 0. The molecule has 0 saturated heterocycles. The number of thiophene rings is 1. The molecule has 0 unspecified atom stereocenters. The second kappa shape index (κ2) is 2.80. The average Bonchev–Trinajstić information content (AvgIpc) is 2.10. The molecular weight excluding hydrogens is 212 g/mol. The van der Waals surface area contributed by atoms with Crippen molar-refractivity contribution in [3.8, 4) is 0 Å². The third-order valence-electron chi connectivity index (χ3n) is 1.09. The molecule has 2 N–H and O–H groups in total. The second-order valence-electron chi connectivity index (χ2n) is 2.20. The van der Waals surface area contributed by atoms with Crippen LogP contribution in [-0.4, -0.2) is 14.1 Å². The first-order valence-electron chi connectivity index (χ1n) is 2.83. The summed E-state index contributed by atoms with van der Waals surface area (Å²) >= 11 is 4.99. The van der Waals surface area contributed by atoms with Gasteiger partial charge in [0.05, 0.1) is 9.47 Å². The Morgan fingerprint density at radius 2 is 2.20 bits per heavy atom. The lowest BCUT2D eigenvalue weighted by Crippen LogP contribution is -2.06. The summed E-state index contributed by atoms with van der Waals surface area (Å²) in [5.41, 5.74) is 5.58. The highest BCUT2D eigenvalue weighted by Gasteiger charge is 2.04. The first-order valence-corrected chi connectivity index (χ1v) is 4.44. The summed E-state index contributed by atoms with van der Waals surface area (Å²) in [5.74, 6) is 0. The normalized spacial score (nSPS) is 9.90. The lowest BCUT2D eigenvalue weighted by Gasteiger charge is -2.08. The second-order valence-corrected chi connectivity index (χ2v) is 4.11. The van der Waals surface area contributed by atoms with Gasteiger partial charge in [0, 0.05) is 14.1 Å². The number of hydrogen-bond donors (Lipinski definition) is 1. The van der Waals surface area contributed by atoms with Gasteiger partial charge in [-0.3, -0.25) is 0 Å². The van der Waals surface area contributed by atoms with Gasteiger partial charge in [-0.1, -0.05) is 0 Å². The molecule has 0 aliphatic heterocycles. The fourth-order valence-corrected chi connectivity index (χ4v) is 2.42. The number of nitrogens with two attached hydrogens (primary N) is 1. The topological polar surface area (TPSA) is 29.3 Å². The van der Waals surface area contributed by atoms with Crippen molar-refractivity contribution >= 4 is 37.3 Å². The smallest absolute Gasteiger partial charge is 0.107 e. The van der Waals surface area contributed by atoms with Gasteiger partial charge in [-0.2, -0.15) is 0 Å². The van der Waals surface area contributed by atoms with Gasteiger partial charge in [0.1, 0.15) is 5.00 Å². The Balaban J connectivity index is 3.03. The molecule has 0 bridgehead atoms. The Bertz CT molecular complexity index is 232. The van der Waals surface area contributed by atoms with Gasteiger partial charge in [-0.05, 0) is 22.0 Å². The van der Waals surface area contributed by atoms with Crippen LogP contribution < -0.4 is 10.6 Å². The van der Waals surface area contributed by atoms with E-state index in [4.69, 9.17) is 5.73 Å². The Morgan fingerprint density at radius 3 is 2.40 bits per heavy atom. The van der Waals surface area contributed by atoms with E-state index < -0.39 is 0 Å². The van der Waals surface area contributed by atoms with Gasteiger partial charge in [-0.15, -0.1) is 11.3 Å². The van der Waals surface area contributed by atoms with Crippen molar-refractivity contribution in [3.63, 3.8) is 0 Å². The van der Waals surface area contributed by atoms with Crippen molar-refractivity contribution in [1.82, 2.24) is 0 Å². The molecule has 0 aliphatic carbocycles. The quantitative estimate of drug-likeness (QED) is 0.787. The van der Waals surface area contributed by atoms with Crippen LogP contribution in [0.3, 0.4) is 0 Å². The van der Waals surface area contributed by atoms with Gasteiger partial charge in [0.15, 0.2) is 0 Å². The van der Waals surface area contributed by atoms with Crippen LogP contribution in [0.1, 0.15) is 0 Å². The molecule has 0 saturated carbocycles. The zero-order chi connectivity index (χ0) is 7.72. The molecule has 10 heavy (non-hydrogen) atoms. The number of anilines is 2. The van der Waals surface area contributed by atoms with Gasteiger partial charge >= 0.3 is 0 Å². The van der Waals surface area contributed by atoms with E-state index in [1.54, 1.807) is 11.3 Å². The summed E-state index contributed by atoms with van der Waals surface area (Å²) in [6.07, 6.45) is 0. The monoisotopic (exact) mass is 220 g/mol. The number of nitrogen functional groups attached to an aromatic ring is 1. The fourth-order valence-electron chi connectivity index (χ4n) is 0.681. The van der Waals surface area contributed by atoms with E-state index in [-0.39, 0.29) is 0 Å². The van der Waals surface area contributed by atoms with Crippen LogP contribution in [0.25, 0.3) is 0 Å². The highest BCUT2D eigenvalue weighted by atomic mass is 79.9. The lowest BCUT2D eigenvalue weighted by molar-refractivity contribution is 1.15. The maximum Gasteiger partial charge on any atom is 0.107 e. The Morgan fingerprint density at radius 1 is 1.60 bits per heavy atom. The number of rotatable bonds is 1. The fraction of sp³-hybridized carbons (Fsp3) is 0.333. The first kappa shape index (κ1) is 7.88. The predicted molar refractivity (Wildman–Crippen MR) is 50.8 cm³/mol. The molecule has 0 radical (unpaired) electrons. The minimum atomic E-state index is 0.843. The van der Waals surface area contributed by atoms with Crippen molar-refractivity contribution in [2.75, 3.05) is 24.7 Å². The third-order valence-corrected chi connectivity index (χ3v) is 3.09. The number of nitrogens with zero attached hydrogens (tertiary/aromatic N) is 1. The molecule has 0 aliphatic rings. The zero-order valence-electron chi connectivity index (χ0n) is 5.89. The highest BCUT2D eigenvalue weighted by Crippen LogP contribution is 2.35. The van der Waals surface area contributed by atoms with Crippen LogP contribution in [0.15, 0.2) is 10.5 Å². The van der Waals surface area contributed by atoms with Crippen LogP contribution >= 0.6 is 27.3 Å². The van der Waals surface area contributed by atoms with Crippen molar-refractivity contribution in [2.24, 2.45) is 0 Å². The molecule has 56 valence electrons. The van der Waals surface area contributed by atoms with Gasteiger partial charge in [-0.25, -0.2) is 0 Å². The van der Waals surface area contributed by atoms with Gasteiger partial charge in [0.2, 0.25) is 0 Å². The van der Waals surface area contributed by atoms with E-state index in [0.29, 0.717) is 0 Å². The van der Waals surface area contributed by atoms with E-state index in [2.05, 4.69) is 15.9 Å². The molecule has 2 nitrogen and oxygen atoms in total. The summed E-state index contributed by atoms with van der Waals surface area (Å²) in [7, 11) is 3.99. The molecule has 4 heteroatoms. The van der Waals surface area contributed by atoms with E-state index >= 15 is 0 Å². The molecule has 1 aromatic rings. The van der Waals surface area contributed by atoms with E-state index in [9.17, 15) is 0 Å². The van der Waals surface area contributed by atoms with E-state index in [1.165, 1.54) is 0 Å². The predicted octanol–water partition coefficient (Wildman–Crippen LogP) is 2.16. The van der Waals surface area contributed by atoms with Crippen molar-refractivity contribution in [1.29, 1.82) is 0 Å². The van der Waals surface area contributed by atoms with Crippen LogP contribution in [0.5, 0.6) is 0 Å². The first-order chi connectivity index (χ1) is 4.61. The van der Waals surface area contributed by atoms with Crippen molar-refractivity contribution < 1.29 is 0 Å². The maximum atomic E-state index is 5.58. The zero-order valence-corrected chi connectivity index (χ0v) is 8.29. The van der Waals surface area contributed by atoms with Crippen LogP contribution in [0.2, 0.25) is 0 Å². The molecule has 1 rings (SSSR count). The van der Waals surface area contributed by atoms with Crippen LogP contribution in [0, 0.1) is 0 Å². The number of halogens is 1. The summed E-state index contributed by atoms with van der Waals surface area (Å²) < 4.78 is 1.07. The molecular formula is C6H9BrN2S. The largest absolute Gasteiger partial charge is 0.390 e. The van der Waals surface area contributed by atoms with E-state index in [0.717, 1.165) is 14.5 Å². The maximum absolute atomic E-state index is 5.58. The molecule has 1 aromatic heterocycles. The molecule has 1 heterocycles. The summed E-state index contributed by atoms with van der Waals surface area (Å²) in [6, 6.07) is 1.92.